The number of amides is 2. The highest BCUT2D eigenvalue weighted by Crippen LogP contribution is 2.33. The van der Waals surface area contributed by atoms with Crippen molar-refractivity contribution in [2.24, 2.45) is 5.92 Å². The molecule has 0 spiro atoms. The number of benzene rings is 2. The molecule has 2 aromatic carbocycles. The molecule has 1 aliphatic carbocycles. The number of nitrogens with one attached hydrogen (secondary N) is 1. The van der Waals surface area contributed by atoms with Gasteiger partial charge in [0, 0.05) is 25.1 Å². The first-order valence-corrected chi connectivity index (χ1v) is 11.5. The fraction of sp³-hybridized carbons (Fsp3) is 0.423. The summed E-state index contributed by atoms with van der Waals surface area (Å²) in [4.78, 5) is 38.9. The largest absolute Gasteiger partial charge is 0.485 e. The second-order valence-electron chi connectivity index (χ2n) is 8.83. The Labute approximate surface area is 194 Å². The highest BCUT2D eigenvalue weighted by molar-refractivity contribution is 6.02. The summed E-state index contributed by atoms with van der Waals surface area (Å²) in [5.74, 6) is 1.47. The summed E-state index contributed by atoms with van der Waals surface area (Å²) >= 11 is 0. The van der Waals surface area contributed by atoms with Crippen LogP contribution in [-0.4, -0.2) is 43.9 Å². The second kappa shape index (κ2) is 10.1. The standard InChI is InChI=1S/C26H30N2O5/c1-17-5-9-21(12-18(17)2)32-15-23(29)20-8-10-24-22(13-20)28(26(31)16-33-24)11-3-4-25(30)27-14-19-6-7-19/h5,8-10,12-13,19H,3-4,6-7,11,14-16H2,1-2H3,(H,27,30). The van der Waals surface area contributed by atoms with E-state index in [1.54, 1.807) is 23.1 Å². The van der Waals surface area contributed by atoms with Gasteiger partial charge in [-0.3, -0.25) is 14.4 Å². The number of aryl methyl sites for hydroxylation is 2. The predicted octanol–water partition coefficient (Wildman–Crippen LogP) is 3.60. The molecule has 0 bridgehead atoms. The Morgan fingerprint density at radius 1 is 1.12 bits per heavy atom. The first kappa shape index (κ1) is 22.8. The minimum absolute atomic E-state index is 0.00949. The molecule has 2 amide bonds. The van der Waals surface area contributed by atoms with Crippen LogP contribution in [0.15, 0.2) is 36.4 Å². The Morgan fingerprint density at radius 2 is 1.94 bits per heavy atom. The summed E-state index contributed by atoms with van der Waals surface area (Å²) in [7, 11) is 0. The number of ether oxygens (including phenoxy) is 2. The molecular formula is C26H30N2O5. The van der Waals surface area contributed by atoms with E-state index in [9.17, 15) is 14.4 Å². The van der Waals surface area contributed by atoms with Crippen molar-refractivity contribution in [3.05, 3.63) is 53.1 Å². The summed E-state index contributed by atoms with van der Waals surface area (Å²) in [6.07, 6.45) is 3.27. The quantitative estimate of drug-likeness (QED) is 0.559. The Balaban J connectivity index is 1.37. The van der Waals surface area contributed by atoms with Gasteiger partial charge in [0.05, 0.1) is 5.69 Å². The lowest BCUT2D eigenvalue weighted by molar-refractivity contribution is -0.122. The highest BCUT2D eigenvalue weighted by Gasteiger charge is 2.27. The van der Waals surface area contributed by atoms with Crippen LogP contribution in [0.25, 0.3) is 0 Å². The maximum atomic E-state index is 12.8. The van der Waals surface area contributed by atoms with Gasteiger partial charge >= 0.3 is 0 Å². The number of carbonyl (C=O) groups excluding carboxylic acids is 3. The molecule has 1 heterocycles. The lowest BCUT2D eigenvalue weighted by Crippen LogP contribution is -2.40. The van der Waals surface area contributed by atoms with Crippen molar-refractivity contribution in [1.82, 2.24) is 5.32 Å². The van der Waals surface area contributed by atoms with E-state index < -0.39 is 0 Å². The molecule has 2 aliphatic rings. The third-order valence-electron chi connectivity index (χ3n) is 6.14. The summed E-state index contributed by atoms with van der Waals surface area (Å²) < 4.78 is 11.2. The van der Waals surface area contributed by atoms with E-state index in [2.05, 4.69) is 5.32 Å². The molecule has 7 nitrogen and oxygen atoms in total. The molecule has 1 saturated carbocycles. The van der Waals surface area contributed by atoms with E-state index in [0.29, 0.717) is 48.1 Å². The van der Waals surface area contributed by atoms with Gasteiger partial charge in [-0.15, -0.1) is 0 Å². The maximum absolute atomic E-state index is 12.8. The molecule has 1 aliphatic heterocycles. The van der Waals surface area contributed by atoms with Gasteiger partial charge in [0.2, 0.25) is 5.91 Å². The average molecular weight is 451 g/mol. The van der Waals surface area contributed by atoms with Gasteiger partial charge in [-0.05, 0) is 80.5 Å². The minimum atomic E-state index is -0.187. The molecular weight excluding hydrogens is 420 g/mol. The lowest BCUT2D eigenvalue weighted by atomic mass is 10.1. The van der Waals surface area contributed by atoms with Gasteiger partial charge in [0.15, 0.2) is 19.0 Å². The van der Waals surface area contributed by atoms with Gasteiger partial charge in [0.1, 0.15) is 11.5 Å². The fourth-order valence-corrected chi connectivity index (χ4v) is 3.72. The smallest absolute Gasteiger partial charge is 0.265 e. The molecule has 0 aromatic heterocycles. The van der Waals surface area contributed by atoms with E-state index in [1.807, 2.05) is 32.0 Å². The third kappa shape index (κ3) is 5.92. The number of ketones is 1. The van der Waals surface area contributed by atoms with E-state index in [1.165, 1.54) is 12.8 Å². The maximum Gasteiger partial charge on any atom is 0.265 e. The molecule has 0 unspecified atom stereocenters. The molecule has 0 atom stereocenters. The predicted molar refractivity (Wildman–Crippen MR) is 125 cm³/mol. The van der Waals surface area contributed by atoms with Crippen molar-refractivity contribution in [2.45, 2.75) is 39.5 Å². The summed E-state index contributed by atoms with van der Waals surface area (Å²) in [5.41, 5.74) is 3.26. The number of carbonyl (C=O) groups is 3. The average Bonchev–Trinajstić information content (AvgIpc) is 3.64. The number of hydrogen-bond acceptors (Lipinski definition) is 5. The monoisotopic (exact) mass is 450 g/mol. The molecule has 0 saturated heterocycles. The van der Waals surface area contributed by atoms with Crippen molar-refractivity contribution in [2.75, 3.05) is 31.2 Å². The van der Waals surface area contributed by atoms with Crippen LogP contribution in [0.2, 0.25) is 0 Å². The number of anilines is 1. The van der Waals surface area contributed by atoms with Crippen molar-refractivity contribution in [1.29, 1.82) is 0 Å². The minimum Gasteiger partial charge on any atom is -0.485 e. The summed E-state index contributed by atoms with van der Waals surface area (Å²) in [5, 5.41) is 2.95. The van der Waals surface area contributed by atoms with Crippen LogP contribution in [0, 0.1) is 19.8 Å². The van der Waals surface area contributed by atoms with Crippen molar-refractivity contribution in [3.8, 4) is 11.5 Å². The molecule has 7 heteroatoms. The van der Waals surface area contributed by atoms with Crippen LogP contribution in [0.1, 0.15) is 47.2 Å². The van der Waals surface area contributed by atoms with E-state index >= 15 is 0 Å². The van der Waals surface area contributed by atoms with E-state index in [-0.39, 0.29) is 30.8 Å². The number of fused-ring (bicyclic) bond motifs is 1. The molecule has 0 radical (unpaired) electrons. The zero-order chi connectivity index (χ0) is 23.4. The second-order valence-corrected chi connectivity index (χ2v) is 8.83. The number of nitrogens with zero attached hydrogens (tertiary/aromatic N) is 1. The van der Waals surface area contributed by atoms with Gasteiger partial charge in [-0.1, -0.05) is 6.07 Å². The molecule has 174 valence electrons. The number of rotatable bonds is 10. The topological polar surface area (TPSA) is 84.9 Å². The van der Waals surface area contributed by atoms with Crippen molar-refractivity contribution in [3.63, 3.8) is 0 Å². The first-order chi connectivity index (χ1) is 15.9. The Hall–Kier alpha value is -3.35. The Morgan fingerprint density at radius 3 is 2.70 bits per heavy atom. The van der Waals surface area contributed by atoms with Crippen LogP contribution in [-0.2, 0) is 9.59 Å². The highest BCUT2D eigenvalue weighted by atomic mass is 16.5. The first-order valence-electron chi connectivity index (χ1n) is 11.5. The van der Waals surface area contributed by atoms with Crippen LogP contribution in [0.3, 0.4) is 0 Å². The number of Topliss-reactive ketones (excluding diaryl/α,β-unsaturated/α-hetero) is 1. The van der Waals surface area contributed by atoms with Crippen LogP contribution in [0.5, 0.6) is 11.5 Å². The van der Waals surface area contributed by atoms with E-state index in [4.69, 9.17) is 9.47 Å². The molecule has 33 heavy (non-hydrogen) atoms. The van der Waals surface area contributed by atoms with Gasteiger partial charge in [-0.25, -0.2) is 0 Å². The molecule has 2 aromatic rings. The van der Waals surface area contributed by atoms with Gasteiger partial charge in [-0.2, -0.15) is 0 Å². The zero-order valence-electron chi connectivity index (χ0n) is 19.2. The fourth-order valence-electron chi connectivity index (χ4n) is 3.72. The van der Waals surface area contributed by atoms with Gasteiger partial charge < -0.3 is 19.7 Å². The number of hydrogen-bond donors (Lipinski definition) is 1. The van der Waals surface area contributed by atoms with Crippen molar-refractivity contribution < 1.29 is 23.9 Å². The molecule has 1 N–H and O–H groups in total. The van der Waals surface area contributed by atoms with Crippen LogP contribution >= 0.6 is 0 Å². The zero-order valence-corrected chi connectivity index (χ0v) is 19.2. The lowest BCUT2D eigenvalue weighted by Gasteiger charge is -2.29. The third-order valence-corrected chi connectivity index (χ3v) is 6.14. The summed E-state index contributed by atoms with van der Waals surface area (Å²) in [6.45, 7) is 5.00. The molecule has 1 fully saturated rings. The summed E-state index contributed by atoms with van der Waals surface area (Å²) in [6, 6.07) is 10.8. The van der Waals surface area contributed by atoms with Crippen molar-refractivity contribution >= 4 is 23.3 Å². The van der Waals surface area contributed by atoms with Gasteiger partial charge in [0.25, 0.3) is 5.91 Å². The normalized spacial score (nSPS) is 15.0. The Kier molecular flexibility index (Phi) is 6.96. The SMILES string of the molecule is Cc1ccc(OCC(=O)c2ccc3c(c2)N(CCCC(=O)NCC2CC2)C(=O)CO3)cc1C. The van der Waals surface area contributed by atoms with Crippen LogP contribution in [0.4, 0.5) is 5.69 Å². The van der Waals surface area contributed by atoms with E-state index in [0.717, 1.165) is 17.7 Å². The molecule has 4 rings (SSSR count). The van der Waals surface area contributed by atoms with Crippen LogP contribution < -0.4 is 19.7 Å². The Bertz CT molecular complexity index is 1060.